The summed E-state index contributed by atoms with van der Waals surface area (Å²) in [6, 6.07) is 0. The summed E-state index contributed by atoms with van der Waals surface area (Å²) in [5.41, 5.74) is 3.13. The number of hydrogen-bond donors (Lipinski definition) is 0. The predicted octanol–water partition coefficient (Wildman–Crippen LogP) is 1.82. The summed E-state index contributed by atoms with van der Waals surface area (Å²) in [4.78, 5) is 0. The van der Waals surface area contributed by atoms with E-state index < -0.39 is 0 Å². The fraction of sp³-hybridized carbons (Fsp3) is 0.750. The van der Waals surface area contributed by atoms with Gasteiger partial charge in [-0.05, 0) is 37.7 Å². The van der Waals surface area contributed by atoms with Crippen LogP contribution in [0.1, 0.15) is 32.1 Å². The molecule has 0 fully saturated rings. The summed E-state index contributed by atoms with van der Waals surface area (Å²) in [6.07, 6.45) is 6.68. The first-order valence-corrected chi connectivity index (χ1v) is 3.85. The molecule has 49 valence electrons. The Morgan fingerprint density at radius 3 is 2.78 bits per heavy atom. The molecule has 0 aromatic carbocycles. The minimum absolute atomic E-state index is 1.09. The van der Waals surface area contributed by atoms with Gasteiger partial charge in [0.05, 0.1) is 0 Å². The zero-order valence-corrected chi connectivity index (χ0v) is 5.69. The molecule has 0 saturated carbocycles. The van der Waals surface area contributed by atoms with Gasteiger partial charge >= 0.3 is 0 Å². The molecule has 1 aliphatic carbocycles. The monoisotopic (exact) mass is 122 g/mol. The first-order valence-electron chi connectivity index (χ1n) is 3.85. The van der Waals surface area contributed by atoms with Crippen molar-refractivity contribution in [2.24, 2.45) is 0 Å². The van der Waals surface area contributed by atoms with E-state index in [-0.39, 0.29) is 0 Å². The molecule has 0 atom stereocenters. The van der Waals surface area contributed by atoms with Crippen LogP contribution in [0.3, 0.4) is 0 Å². The van der Waals surface area contributed by atoms with Gasteiger partial charge in [-0.15, -0.1) is 0 Å². The fourth-order valence-corrected chi connectivity index (χ4v) is 1.74. The lowest BCUT2D eigenvalue weighted by Gasteiger charge is -2.11. The molecule has 1 radical (unpaired) electrons. The molecule has 0 bridgehead atoms. The average molecular weight is 122 g/mol. The molecular weight excluding hydrogens is 110 g/mol. The lowest BCUT2D eigenvalue weighted by atomic mass is 9.97. The van der Waals surface area contributed by atoms with Crippen molar-refractivity contribution in [3.63, 3.8) is 0 Å². The molecule has 1 aliphatic heterocycles. The minimum Gasteiger partial charge on any atom is -0.289 e. The van der Waals surface area contributed by atoms with Gasteiger partial charge in [-0.25, -0.2) is 0 Å². The van der Waals surface area contributed by atoms with Crippen LogP contribution in [0.4, 0.5) is 0 Å². The van der Waals surface area contributed by atoms with Crippen molar-refractivity contribution >= 4 is 0 Å². The molecule has 2 aliphatic rings. The van der Waals surface area contributed by atoms with Gasteiger partial charge in [0.2, 0.25) is 0 Å². The SMILES string of the molecule is C1CCC2=C(C1)CC[N]2. The maximum absolute atomic E-state index is 4.44. The molecule has 1 heterocycles. The van der Waals surface area contributed by atoms with Crippen molar-refractivity contribution in [2.75, 3.05) is 6.54 Å². The van der Waals surface area contributed by atoms with E-state index in [0.717, 1.165) is 6.54 Å². The van der Waals surface area contributed by atoms with E-state index >= 15 is 0 Å². The van der Waals surface area contributed by atoms with Crippen molar-refractivity contribution in [2.45, 2.75) is 32.1 Å². The second-order valence-corrected chi connectivity index (χ2v) is 2.89. The summed E-state index contributed by atoms with van der Waals surface area (Å²) in [7, 11) is 0. The molecule has 0 spiro atoms. The second kappa shape index (κ2) is 2.05. The van der Waals surface area contributed by atoms with Crippen LogP contribution in [-0.4, -0.2) is 6.54 Å². The molecule has 0 aromatic heterocycles. The maximum Gasteiger partial charge on any atom is 0.0430 e. The van der Waals surface area contributed by atoms with E-state index in [1.54, 1.807) is 5.57 Å². The smallest absolute Gasteiger partial charge is 0.0430 e. The van der Waals surface area contributed by atoms with Gasteiger partial charge in [0.1, 0.15) is 0 Å². The van der Waals surface area contributed by atoms with Crippen LogP contribution >= 0.6 is 0 Å². The quantitative estimate of drug-likeness (QED) is 0.465. The molecule has 0 N–H and O–H groups in total. The maximum atomic E-state index is 4.44. The Morgan fingerprint density at radius 1 is 1.00 bits per heavy atom. The molecule has 9 heavy (non-hydrogen) atoms. The van der Waals surface area contributed by atoms with Gasteiger partial charge in [0, 0.05) is 12.2 Å². The number of hydrogen-bond acceptors (Lipinski definition) is 0. The Labute approximate surface area is 56.1 Å². The van der Waals surface area contributed by atoms with Crippen molar-refractivity contribution < 1.29 is 0 Å². The van der Waals surface area contributed by atoms with Crippen LogP contribution in [0.25, 0.3) is 0 Å². The highest BCUT2D eigenvalue weighted by Gasteiger charge is 2.17. The van der Waals surface area contributed by atoms with Crippen LogP contribution in [0.15, 0.2) is 11.3 Å². The van der Waals surface area contributed by atoms with Gasteiger partial charge in [-0.1, -0.05) is 0 Å². The third kappa shape index (κ3) is 0.846. The van der Waals surface area contributed by atoms with E-state index in [1.165, 1.54) is 37.8 Å². The van der Waals surface area contributed by atoms with Gasteiger partial charge in [0.25, 0.3) is 0 Å². The highest BCUT2D eigenvalue weighted by molar-refractivity contribution is 5.19. The Hall–Kier alpha value is -0.460. The van der Waals surface area contributed by atoms with Crippen molar-refractivity contribution in [1.29, 1.82) is 0 Å². The van der Waals surface area contributed by atoms with Gasteiger partial charge in [-0.3, -0.25) is 5.32 Å². The lowest BCUT2D eigenvalue weighted by Crippen LogP contribution is -2.00. The van der Waals surface area contributed by atoms with E-state index in [2.05, 4.69) is 5.32 Å². The average Bonchev–Trinajstić information content (AvgIpc) is 2.33. The van der Waals surface area contributed by atoms with Gasteiger partial charge < -0.3 is 0 Å². The van der Waals surface area contributed by atoms with Crippen LogP contribution in [0, 0.1) is 0 Å². The van der Waals surface area contributed by atoms with Crippen LogP contribution in [-0.2, 0) is 0 Å². The van der Waals surface area contributed by atoms with Crippen LogP contribution < -0.4 is 5.32 Å². The zero-order valence-electron chi connectivity index (χ0n) is 5.69. The number of rotatable bonds is 0. The third-order valence-electron chi connectivity index (χ3n) is 2.27. The Bertz CT molecular complexity index is 131. The van der Waals surface area contributed by atoms with Crippen molar-refractivity contribution in [3.8, 4) is 0 Å². The van der Waals surface area contributed by atoms with E-state index in [1.807, 2.05) is 0 Å². The van der Waals surface area contributed by atoms with Crippen LogP contribution in [0.5, 0.6) is 0 Å². The number of allylic oxidation sites excluding steroid dienone is 1. The largest absolute Gasteiger partial charge is 0.289 e. The van der Waals surface area contributed by atoms with Crippen molar-refractivity contribution in [3.05, 3.63) is 11.3 Å². The molecule has 2 rings (SSSR count). The molecule has 0 unspecified atom stereocenters. The normalized spacial score (nSPS) is 25.8. The molecule has 0 amide bonds. The second-order valence-electron chi connectivity index (χ2n) is 2.89. The summed E-state index contributed by atoms with van der Waals surface area (Å²) < 4.78 is 0. The summed E-state index contributed by atoms with van der Waals surface area (Å²) in [5.74, 6) is 0. The topological polar surface area (TPSA) is 14.1 Å². The van der Waals surface area contributed by atoms with Gasteiger partial charge in [0.15, 0.2) is 0 Å². The van der Waals surface area contributed by atoms with Crippen LogP contribution in [0.2, 0.25) is 0 Å². The Kier molecular flexibility index (Phi) is 1.22. The first-order chi connectivity index (χ1) is 4.47. The molecule has 1 nitrogen and oxygen atoms in total. The summed E-state index contributed by atoms with van der Waals surface area (Å²) in [6.45, 7) is 1.09. The lowest BCUT2D eigenvalue weighted by molar-refractivity contribution is 0.659. The standard InChI is InChI=1S/C8H12N/c1-2-4-8-7(3-1)5-6-9-8/h1-6H2. The highest BCUT2D eigenvalue weighted by atomic mass is 14.9. The van der Waals surface area contributed by atoms with E-state index in [9.17, 15) is 0 Å². The predicted molar refractivity (Wildman–Crippen MR) is 37.1 cm³/mol. The Balaban J connectivity index is 2.17. The summed E-state index contributed by atoms with van der Waals surface area (Å²) in [5, 5.41) is 4.44. The van der Waals surface area contributed by atoms with E-state index in [4.69, 9.17) is 0 Å². The molecule has 0 saturated heterocycles. The minimum atomic E-state index is 1.09. The zero-order chi connectivity index (χ0) is 6.10. The Morgan fingerprint density at radius 2 is 1.89 bits per heavy atom. The molecule has 0 aromatic rings. The first kappa shape index (κ1) is 5.33. The molecular formula is C8H12N. The highest BCUT2D eigenvalue weighted by Crippen LogP contribution is 2.29. The summed E-state index contributed by atoms with van der Waals surface area (Å²) >= 11 is 0. The fourth-order valence-electron chi connectivity index (χ4n) is 1.74. The van der Waals surface area contributed by atoms with Crippen molar-refractivity contribution in [1.82, 2.24) is 5.32 Å². The number of nitrogens with zero attached hydrogens (tertiary/aromatic N) is 1. The van der Waals surface area contributed by atoms with E-state index in [0.29, 0.717) is 0 Å². The van der Waals surface area contributed by atoms with Gasteiger partial charge in [-0.2, -0.15) is 0 Å². The molecule has 1 heteroatoms. The third-order valence-corrected chi connectivity index (χ3v) is 2.27.